The predicted octanol–water partition coefficient (Wildman–Crippen LogP) is -0.491. The second kappa shape index (κ2) is 24.6. The van der Waals surface area contributed by atoms with Crippen LogP contribution in [0.25, 0.3) is 0 Å². The summed E-state index contributed by atoms with van der Waals surface area (Å²) in [5, 5.41) is 23.6. The minimum Gasteiger partial charge on any atom is -0.394 e. The van der Waals surface area contributed by atoms with Gasteiger partial charge in [0.25, 0.3) is 0 Å². The molecule has 0 radical (unpaired) electrons. The topological polar surface area (TPSA) is 273 Å². The van der Waals surface area contributed by atoms with Gasteiger partial charge in [-0.05, 0) is 63.0 Å². The average molecular weight is 732 g/mol. The molecule has 0 aliphatic heterocycles. The maximum absolute atomic E-state index is 13.7. The molecule has 52 heavy (non-hydrogen) atoms. The minimum absolute atomic E-state index is 0.0535. The van der Waals surface area contributed by atoms with E-state index in [0.29, 0.717) is 51.5 Å². The van der Waals surface area contributed by atoms with Gasteiger partial charge < -0.3 is 48.9 Å². The summed E-state index contributed by atoms with van der Waals surface area (Å²) in [5.74, 6) is -3.94. The summed E-state index contributed by atoms with van der Waals surface area (Å²) in [6.45, 7) is 8.10. The first kappa shape index (κ1) is 45.5. The molecule has 1 rings (SSSR count). The summed E-state index contributed by atoms with van der Waals surface area (Å²) in [7, 11) is 0. The molecule has 0 saturated carbocycles. The summed E-state index contributed by atoms with van der Waals surface area (Å²) in [6, 6.07) is 4.39. The van der Waals surface area contributed by atoms with Gasteiger partial charge in [0.1, 0.15) is 30.0 Å². The second-order valence-electron chi connectivity index (χ2n) is 13.4. The van der Waals surface area contributed by atoms with Crippen molar-refractivity contribution in [1.82, 2.24) is 26.6 Å². The molecule has 292 valence electrons. The van der Waals surface area contributed by atoms with E-state index in [-0.39, 0.29) is 30.6 Å². The molecule has 0 spiro atoms. The van der Waals surface area contributed by atoms with Crippen molar-refractivity contribution in [2.75, 3.05) is 19.7 Å². The third kappa shape index (κ3) is 17.6. The fourth-order valence-corrected chi connectivity index (χ4v) is 5.60. The SMILES string of the molecule is CCC(=O)C(C)C[C@H](Cc1ccccc1)NC(=O)[C@H](CO)NC(=O)[C@@H](NC(=O)[C@H](CCCN=C(N)N)NC(=O)[C@H](CCCCN)NC(C)=O)C(C)C. The second-order valence-corrected chi connectivity index (χ2v) is 13.4. The van der Waals surface area contributed by atoms with Gasteiger partial charge >= 0.3 is 0 Å². The molecule has 12 N–H and O–H groups in total. The minimum atomic E-state index is -1.36. The Morgan fingerprint density at radius 3 is 1.90 bits per heavy atom. The molecule has 5 amide bonds. The average Bonchev–Trinajstić information content (AvgIpc) is 3.09. The van der Waals surface area contributed by atoms with E-state index in [4.69, 9.17) is 17.2 Å². The van der Waals surface area contributed by atoms with Gasteiger partial charge in [-0.25, -0.2) is 0 Å². The summed E-state index contributed by atoms with van der Waals surface area (Å²) in [6.07, 6.45) is 3.03. The van der Waals surface area contributed by atoms with Crippen molar-refractivity contribution in [2.24, 2.45) is 34.0 Å². The molecular formula is C36H61N9O7. The van der Waals surface area contributed by atoms with Gasteiger partial charge in [0.05, 0.1) is 6.61 Å². The lowest BCUT2D eigenvalue weighted by Gasteiger charge is -2.28. The van der Waals surface area contributed by atoms with E-state index in [1.165, 1.54) is 6.92 Å². The van der Waals surface area contributed by atoms with E-state index >= 15 is 0 Å². The Morgan fingerprint density at radius 2 is 1.35 bits per heavy atom. The summed E-state index contributed by atoms with van der Waals surface area (Å²) in [4.78, 5) is 82.1. The number of hydrogen-bond acceptors (Lipinski definition) is 9. The number of aliphatic hydroxyl groups excluding tert-OH is 1. The van der Waals surface area contributed by atoms with Gasteiger partial charge in [0.15, 0.2) is 5.96 Å². The lowest BCUT2D eigenvalue weighted by atomic mass is 9.92. The van der Waals surface area contributed by atoms with Crippen LogP contribution in [0, 0.1) is 11.8 Å². The first-order valence-corrected chi connectivity index (χ1v) is 18.0. The van der Waals surface area contributed by atoms with E-state index in [2.05, 4.69) is 31.6 Å². The number of nitrogens with zero attached hydrogens (tertiary/aromatic N) is 1. The van der Waals surface area contributed by atoms with Crippen LogP contribution < -0.4 is 43.8 Å². The van der Waals surface area contributed by atoms with Crippen LogP contribution in [0.15, 0.2) is 35.3 Å². The van der Waals surface area contributed by atoms with Gasteiger partial charge in [-0.2, -0.15) is 0 Å². The summed E-state index contributed by atoms with van der Waals surface area (Å²) < 4.78 is 0. The fraction of sp³-hybridized carbons (Fsp3) is 0.639. The van der Waals surface area contributed by atoms with Crippen molar-refractivity contribution in [2.45, 2.75) is 116 Å². The molecule has 1 unspecified atom stereocenters. The zero-order valence-electron chi connectivity index (χ0n) is 31.3. The third-order valence-corrected chi connectivity index (χ3v) is 8.49. The van der Waals surface area contributed by atoms with Crippen molar-refractivity contribution in [3.8, 4) is 0 Å². The number of aliphatic imine (C=N–C) groups is 1. The quantitative estimate of drug-likeness (QED) is 0.0354. The van der Waals surface area contributed by atoms with Crippen molar-refractivity contribution in [1.29, 1.82) is 0 Å². The van der Waals surface area contributed by atoms with Gasteiger partial charge in [0.2, 0.25) is 29.5 Å². The standard InChI is InChI=1S/C36H61N9O7/c1-6-30(48)23(4)19-26(20-25-13-8-7-9-14-25)42-34(51)29(21-46)44-35(52)31(22(2)3)45-33(50)28(16-12-18-40-36(38)39)43-32(49)27(41-24(5)47)15-10-11-17-37/h7-9,13-14,22-23,26-29,31,46H,6,10-12,15-21,37H2,1-5H3,(H,41,47)(H,42,51)(H,43,49)(H,44,52)(H,45,50)(H4,38,39,40)/t23?,26-,27+,28+,29+,31+/m1/s1. The summed E-state index contributed by atoms with van der Waals surface area (Å²) >= 11 is 0. The number of hydrogen-bond donors (Lipinski definition) is 9. The number of unbranched alkanes of at least 4 members (excludes halogenated alkanes) is 1. The molecule has 0 aliphatic rings. The first-order chi connectivity index (χ1) is 24.6. The Hall–Kier alpha value is -4.57. The lowest BCUT2D eigenvalue weighted by Crippen LogP contribution is -2.60. The Balaban J connectivity index is 3.17. The molecule has 16 heteroatoms. The number of benzene rings is 1. The number of ketones is 1. The lowest BCUT2D eigenvalue weighted by molar-refractivity contribution is -0.135. The van der Waals surface area contributed by atoms with Crippen molar-refractivity contribution in [3.63, 3.8) is 0 Å². The highest BCUT2D eigenvalue weighted by Gasteiger charge is 2.33. The maximum atomic E-state index is 13.7. The van der Waals surface area contributed by atoms with Crippen molar-refractivity contribution >= 4 is 41.3 Å². The Kier molecular flexibility index (Phi) is 21.5. The smallest absolute Gasteiger partial charge is 0.245 e. The molecule has 1 aromatic carbocycles. The summed E-state index contributed by atoms with van der Waals surface area (Å²) in [5.41, 5.74) is 17.4. The molecule has 0 fully saturated rings. The van der Waals surface area contributed by atoms with Gasteiger partial charge in [0, 0.05) is 31.8 Å². The molecule has 6 atom stereocenters. The molecule has 16 nitrogen and oxygen atoms in total. The maximum Gasteiger partial charge on any atom is 0.245 e. The van der Waals surface area contributed by atoms with E-state index in [9.17, 15) is 33.9 Å². The number of amides is 5. The number of carbonyl (C=O) groups is 6. The number of aliphatic hydroxyl groups is 1. The van der Waals surface area contributed by atoms with E-state index in [1.54, 1.807) is 27.7 Å². The van der Waals surface area contributed by atoms with E-state index in [0.717, 1.165) is 5.56 Å². The highest BCUT2D eigenvalue weighted by atomic mass is 16.3. The monoisotopic (exact) mass is 731 g/mol. The zero-order chi connectivity index (χ0) is 39.2. The molecular weight excluding hydrogens is 670 g/mol. The van der Waals surface area contributed by atoms with E-state index in [1.807, 2.05) is 30.3 Å². The molecule has 0 aromatic heterocycles. The van der Waals surface area contributed by atoms with Crippen molar-refractivity contribution < 1.29 is 33.9 Å². The van der Waals surface area contributed by atoms with Crippen LogP contribution in [-0.4, -0.2) is 96.3 Å². The molecule has 0 aliphatic carbocycles. The number of carbonyl (C=O) groups excluding carboxylic acids is 6. The van der Waals surface area contributed by atoms with Crippen LogP contribution in [0.3, 0.4) is 0 Å². The van der Waals surface area contributed by atoms with Crippen LogP contribution in [0.2, 0.25) is 0 Å². The van der Waals surface area contributed by atoms with Crippen LogP contribution in [0.1, 0.15) is 85.1 Å². The van der Waals surface area contributed by atoms with Gasteiger partial charge in [-0.1, -0.05) is 58.0 Å². The van der Waals surface area contributed by atoms with Gasteiger partial charge in [-0.3, -0.25) is 33.8 Å². The van der Waals surface area contributed by atoms with Crippen LogP contribution in [0.5, 0.6) is 0 Å². The normalized spacial score (nSPS) is 14.5. The Morgan fingerprint density at radius 1 is 0.769 bits per heavy atom. The third-order valence-electron chi connectivity index (χ3n) is 8.49. The molecule has 0 heterocycles. The van der Waals surface area contributed by atoms with Crippen LogP contribution in [-0.2, 0) is 35.2 Å². The Labute approximate surface area is 307 Å². The fourth-order valence-electron chi connectivity index (χ4n) is 5.60. The number of rotatable bonds is 25. The van der Waals surface area contributed by atoms with Crippen LogP contribution >= 0.6 is 0 Å². The molecule has 0 saturated heterocycles. The number of nitrogens with two attached hydrogens (primary N) is 3. The molecule has 1 aromatic rings. The van der Waals surface area contributed by atoms with Crippen molar-refractivity contribution in [3.05, 3.63) is 35.9 Å². The highest BCUT2D eigenvalue weighted by Crippen LogP contribution is 2.15. The molecule has 0 bridgehead atoms. The first-order valence-electron chi connectivity index (χ1n) is 18.0. The van der Waals surface area contributed by atoms with E-state index < -0.39 is 72.3 Å². The van der Waals surface area contributed by atoms with Gasteiger partial charge in [-0.15, -0.1) is 0 Å². The largest absolute Gasteiger partial charge is 0.394 e. The Bertz CT molecular complexity index is 1320. The van der Waals surface area contributed by atoms with Crippen LogP contribution in [0.4, 0.5) is 0 Å². The highest BCUT2D eigenvalue weighted by molar-refractivity contribution is 5.95. The number of guanidine groups is 1. The predicted molar refractivity (Wildman–Crippen MR) is 199 cm³/mol. The number of Topliss-reactive ketones (excluding diaryl/α,β-unsaturated/α-hetero) is 1. The number of nitrogens with one attached hydrogen (secondary N) is 5. The zero-order valence-corrected chi connectivity index (χ0v) is 31.3.